The molecule has 10 heteroatoms. The molecule has 3 amide bonds. The number of alkyl halides is 3. The van der Waals surface area contributed by atoms with Gasteiger partial charge >= 0.3 is 6.18 Å². The van der Waals surface area contributed by atoms with Gasteiger partial charge in [0.15, 0.2) is 0 Å². The first-order chi connectivity index (χ1) is 23.2. The summed E-state index contributed by atoms with van der Waals surface area (Å²) >= 11 is 0. The van der Waals surface area contributed by atoms with Crippen LogP contribution in [0.5, 0.6) is 0 Å². The van der Waals surface area contributed by atoms with Crippen LogP contribution in [-0.2, 0) is 26.3 Å². The van der Waals surface area contributed by atoms with Crippen molar-refractivity contribution in [1.82, 2.24) is 20.9 Å². The lowest BCUT2D eigenvalue weighted by Gasteiger charge is -2.34. The summed E-state index contributed by atoms with van der Waals surface area (Å²) in [6.45, 7) is 1.14. The molecule has 2 aliphatic rings. The highest BCUT2D eigenvalue weighted by Crippen LogP contribution is 2.51. The fourth-order valence-corrected chi connectivity index (χ4v) is 7.17. The molecule has 1 aliphatic heterocycles. The fourth-order valence-electron chi connectivity index (χ4n) is 7.17. The van der Waals surface area contributed by atoms with E-state index in [1.165, 1.54) is 5.56 Å². The number of carbonyl (C=O) groups excluding carboxylic acids is 3. The highest BCUT2D eigenvalue weighted by Gasteiger charge is 2.49. The molecule has 0 radical (unpaired) electrons. The number of fused-ring (bicyclic) bond motifs is 3. The van der Waals surface area contributed by atoms with E-state index in [1.807, 2.05) is 66.7 Å². The summed E-state index contributed by atoms with van der Waals surface area (Å²) < 4.78 is 39.3. The van der Waals surface area contributed by atoms with Gasteiger partial charge in [0.05, 0.1) is 6.04 Å². The molecule has 0 bridgehead atoms. The Morgan fingerprint density at radius 2 is 1.40 bits per heavy atom. The van der Waals surface area contributed by atoms with E-state index in [1.54, 1.807) is 0 Å². The van der Waals surface area contributed by atoms with Crippen LogP contribution in [0.2, 0.25) is 0 Å². The smallest absolute Gasteiger partial charge is 0.356 e. The van der Waals surface area contributed by atoms with Gasteiger partial charge in [0.25, 0.3) is 0 Å². The van der Waals surface area contributed by atoms with Crippen LogP contribution < -0.4 is 16.0 Å². The largest absolute Gasteiger partial charge is 0.405 e. The lowest BCUT2D eigenvalue weighted by molar-refractivity contribution is -0.141. The van der Waals surface area contributed by atoms with Gasteiger partial charge in [-0.15, -0.1) is 0 Å². The monoisotopic (exact) mass is 662 g/mol. The predicted molar refractivity (Wildman–Crippen MR) is 180 cm³/mol. The standard InChI is InChI=1S/C38H45F3N4O3/c39-38(40,41)27-44-36(48)37(31-18-7-5-16-29(31)30-17-6-8-19-32(30)37)22-10-2-11-23-42-34(46)21-13-24-43-35(47)33-20-9-12-25-45(33)26-28-14-3-1-4-15-28/h1,3-8,14-19,33H,2,9-13,20-27H2,(H,42,46)(H,43,47)(H,44,48). The molecule has 1 atom stereocenters. The molecular weight excluding hydrogens is 617 g/mol. The van der Waals surface area contributed by atoms with E-state index in [0.717, 1.165) is 54.6 Å². The molecular formula is C38H45F3N4O3. The first-order valence-corrected chi connectivity index (χ1v) is 17.1. The molecule has 1 saturated heterocycles. The number of amides is 3. The van der Waals surface area contributed by atoms with E-state index in [9.17, 15) is 27.6 Å². The van der Waals surface area contributed by atoms with E-state index < -0.39 is 24.0 Å². The van der Waals surface area contributed by atoms with Gasteiger partial charge in [-0.25, -0.2) is 0 Å². The SMILES string of the molecule is O=C(CCCNC(=O)C1CCCCN1Cc1ccccc1)NCCCCCC1(C(=O)NCC(F)(F)F)c2ccccc2-c2ccccc21. The normalized spacial score (nSPS) is 16.9. The van der Waals surface area contributed by atoms with Crippen molar-refractivity contribution in [3.63, 3.8) is 0 Å². The topological polar surface area (TPSA) is 90.5 Å². The third kappa shape index (κ3) is 8.64. The van der Waals surface area contributed by atoms with E-state index in [2.05, 4.69) is 33.0 Å². The van der Waals surface area contributed by atoms with Crippen molar-refractivity contribution in [3.05, 3.63) is 95.6 Å². The second-order valence-electron chi connectivity index (χ2n) is 12.8. The van der Waals surface area contributed by atoms with Crippen molar-refractivity contribution in [2.24, 2.45) is 0 Å². The van der Waals surface area contributed by atoms with Crippen LogP contribution in [-0.4, -0.2) is 61.0 Å². The molecule has 5 rings (SSSR count). The Kier molecular flexibility index (Phi) is 11.9. The van der Waals surface area contributed by atoms with Crippen molar-refractivity contribution in [3.8, 4) is 11.1 Å². The highest BCUT2D eigenvalue weighted by atomic mass is 19.4. The third-order valence-electron chi connectivity index (χ3n) is 9.48. The Bertz CT molecular complexity index is 1500. The molecule has 1 aliphatic carbocycles. The van der Waals surface area contributed by atoms with Crippen molar-refractivity contribution in [2.45, 2.75) is 82.0 Å². The van der Waals surface area contributed by atoms with Crippen LogP contribution in [0.25, 0.3) is 11.1 Å². The molecule has 3 N–H and O–H groups in total. The summed E-state index contributed by atoms with van der Waals surface area (Å²) in [5.41, 5.74) is 3.14. The van der Waals surface area contributed by atoms with Gasteiger partial charge in [-0.1, -0.05) is 98.1 Å². The van der Waals surface area contributed by atoms with E-state index in [4.69, 9.17) is 0 Å². The third-order valence-corrected chi connectivity index (χ3v) is 9.48. The molecule has 48 heavy (non-hydrogen) atoms. The summed E-state index contributed by atoms with van der Waals surface area (Å²) in [4.78, 5) is 41.3. The zero-order valence-corrected chi connectivity index (χ0v) is 27.3. The van der Waals surface area contributed by atoms with Crippen molar-refractivity contribution in [1.29, 1.82) is 0 Å². The fraction of sp³-hybridized carbons (Fsp3) is 0.447. The molecule has 3 aromatic carbocycles. The number of unbranched alkanes of at least 4 members (excludes halogenated alkanes) is 2. The van der Waals surface area contributed by atoms with Gasteiger partial charge in [0.2, 0.25) is 17.7 Å². The van der Waals surface area contributed by atoms with E-state index in [-0.39, 0.29) is 17.9 Å². The number of hydrogen-bond donors (Lipinski definition) is 3. The van der Waals surface area contributed by atoms with E-state index in [0.29, 0.717) is 51.6 Å². The van der Waals surface area contributed by atoms with Crippen LogP contribution in [0.1, 0.15) is 74.5 Å². The number of benzene rings is 3. The minimum Gasteiger partial charge on any atom is -0.356 e. The maximum Gasteiger partial charge on any atom is 0.405 e. The van der Waals surface area contributed by atoms with Gasteiger partial charge in [-0.2, -0.15) is 13.2 Å². The minimum atomic E-state index is -4.52. The Morgan fingerprint density at radius 3 is 2.08 bits per heavy atom. The van der Waals surface area contributed by atoms with E-state index >= 15 is 0 Å². The maximum atomic E-state index is 13.6. The molecule has 0 saturated carbocycles. The number of halogens is 3. The highest BCUT2D eigenvalue weighted by molar-refractivity contribution is 6.00. The molecule has 1 heterocycles. The van der Waals surface area contributed by atoms with Crippen LogP contribution in [0.4, 0.5) is 13.2 Å². The number of nitrogens with zero attached hydrogens (tertiary/aromatic N) is 1. The number of hydrogen-bond acceptors (Lipinski definition) is 4. The summed E-state index contributed by atoms with van der Waals surface area (Å²) in [5.74, 6) is -0.720. The molecule has 256 valence electrons. The van der Waals surface area contributed by atoms with Gasteiger partial charge in [-0.3, -0.25) is 19.3 Å². The molecule has 0 spiro atoms. The average molecular weight is 663 g/mol. The van der Waals surface area contributed by atoms with Crippen LogP contribution >= 0.6 is 0 Å². The molecule has 7 nitrogen and oxygen atoms in total. The summed E-state index contributed by atoms with van der Waals surface area (Å²) in [7, 11) is 0. The zero-order chi connectivity index (χ0) is 34.0. The lowest BCUT2D eigenvalue weighted by Crippen LogP contribution is -2.49. The summed E-state index contributed by atoms with van der Waals surface area (Å²) in [6, 6.07) is 24.8. The van der Waals surface area contributed by atoms with Crippen molar-refractivity contribution >= 4 is 17.7 Å². The Balaban J connectivity index is 1.05. The Morgan fingerprint density at radius 1 is 0.750 bits per heavy atom. The molecule has 1 unspecified atom stereocenters. The lowest BCUT2D eigenvalue weighted by atomic mass is 9.73. The number of nitrogens with one attached hydrogen (secondary N) is 3. The Hall–Kier alpha value is -4.18. The first-order valence-electron chi connectivity index (χ1n) is 17.1. The zero-order valence-electron chi connectivity index (χ0n) is 27.3. The summed E-state index contributed by atoms with van der Waals surface area (Å²) in [5, 5.41) is 8.12. The second-order valence-corrected chi connectivity index (χ2v) is 12.8. The van der Waals surface area contributed by atoms with Crippen molar-refractivity contribution in [2.75, 3.05) is 26.2 Å². The molecule has 0 aromatic heterocycles. The predicted octanol–water partition coefficient (Wildman–Crippen LogP) is 6.26. The van der Waals surface area contributed by atoms with Crippen molar-refractivity contribution < 1.29 is 27.6 Å². The molecule has 3 aromatic rings. The minimum absolute atomic E-state index is 0.0170. The summed E-state index contributed by atoms with van der Waals surface area (Å²) in [6.07, 6.45) is 1.56. The van der Waals surface area contributed by atoms with Crippen LogP contribution in [0.3, 0.4) is 0 Å². The van der Waals surface area contributed by atoms with Crippen LogP contribution in [0.15, 0.2) is 78.9 Å². The van der Waals surface area contributed by atoms with Gasteiger partial charge in [0.1, 0.15) is 12.0 Å². The number of likely N-dealkylation sites (tertiary alicyclic amines) is 1. The van der Waals surface area contributed by atoms with Gasteiger partial charge in [0, 0.05) is 26.1 Å². The first kappa shape index (κ1) is 35.1. The average Bonchev–Trinajstić information content (AvgIpc) is 3.38. The quantitative estimate of drug-likeness (QED) is 0.168. The van der Waals surface area contributed by atoms with Gasteiger partial charge in [-0.05, 0) is 66.5 Å². The molecule has 1 fully saturated rings. The Labute approximate surface area is 280 Å². The maximum absolute atomic E-state index is 13.6. The van der Waals surface area contributed by atoms with Gasteiger partial charge < -0.3 is 16.0 Å². The van der Waals surface area contributed by atoms with Crippen LogP contribution in [0, 0.1) is 0 Å². The second kappa shape index (κ2) is 16.3. The number of piperidine rings is 1. The number of carbonyl (C=O) groups is 3. The number of rotatable bonds is 15.